The summed E-state index contributed by atoms with van der Waals surface area (Å²) < 4.78 is 53.5. The maximum absolute atomic E-state index is 8.91. The van der Waals surface area contributed by atoms with Crippen LogP contribution in [0.4, 0.5) is 0 Å². The Morgan fingerprint density at radius 3 is 1.18 bits per heavy atom. The summed E-state index contributed by atoms with van der Waals surface area (Å²) in [6.07, 6.45) is 3.83. The van der Waals surface area contributed by atoms with Crippen molar-refractivity contribution in [2.75, 3.05) is 0 Å². The van der Waals surface area contributed by atoms with E-state index in [1.165, 1.54) is 0 Å². The molecule has 0 aliphatic carbocycles. The van der Waals surface area contributed by atoms with E-state index in [1.807, 2.05) is 48.8 Å². The van der Waals surface area contributed by atoms with Crippen LogP contribution >= 0.6 is 20.1 Å². The Bertz CT molecular complexity index is 671. The Morgan fingerprint density at radius 1 is 0.727 bits per heavy atom. The van der Waals surface area contributed by atoms with Crippen LogP contribution in [0.1, 0.15) is 0 Å². The van der Waals surface area contributed by atoms with Gasteiger partial charge in [-0.05, 0) is 12.1 Å². The molecule has 0 bridgehead atoms. The van der Waals surface area contributed by atoms with E-state index in [-0.39, 0.29) is 0 Å². The van der Waals surface area contributed by atoms with Crippen LogP contribution in [-0.4, -0.2) is 0 Å². The predicted molar refractivity (Wildman–Crippen MR) is 59.4 cm³/mol. The summed E-state index contributed by atoms with van der Waals surface area (Å²) >= 11 is -10.1. The molecule has 8 nitrogen and oxygen atoms in total. The van der Waals surface area contributed by atoms with Crippen LogP contribution in [0, 0.1) is 0 Å². The minimum absolute atomic E-state index is 1.10. The van der Waals surface area contributed by atoms with Crippen LogP contribution in [0.25, 0.3) is 11.4 Å². The van der Waals surface area contributed by atoms with Crippen molar-refractivity contribution in [3.63, 3.8) is 0 Å². The van der Waals surface area contributed by atoms with Gasteiger partial charge in [-0.1, -0.05) is 0 Å². The minimum Gasteiger partial charge on any atom is -0.206 e. The normalized spacial score (nSPS) is 10.5. The van der Waals surface area contributed by atoms with E-state index in [0.29, 0.717) is 0 Å². The zero-order valence-corrected chi connectivity index (χ0v) is 14.7. The Morgan fingerprint density at radius 2 is 1.00 bits per heavy atom. The van der Waals surface area contributed by atoms with Crippen molar-refractivity contribution in [1.29, 1.82) is 0 Å². The van der Waals surface area contributed by atoms with Gasteiger partial charge in [-0.15, -0.1) is 0 Å². The first-order chi connectivity index (χ1) is 9.97. The number of aromatic amines is 2. The zero-order chi connectivity index (χ0) is 17.2. The van der Waals surface area contributed by atoms with E-state index >= 15 is 0 Å². The zero-order valence-electron chi connectivity index (χ0n) is 10.6. The molecule has 0 aliphatic rings. The topological polar surface area (TPSA) is 143 Å². The number of hydrogen-bond acceptors (Lipinski definition) is 6. The van der Waals surface area contributed by atoms with E-state index in [9.17, 15) is 0 Å². The number of pyridine rings is 2. The van der Waals surface area contributed by atoms with Gasteiger partial charge in [-0.2, -0.15) is 0 Å². The standard InChI is InChI=1S/C10H8N2.2ClH.2Cr.6O/c1-3-7-11-9(5-1)10-6-2-4-8-12-10;;;;;;;;;;/h1-8H;2*1H;;;;;;;;/q;;;2*+1;;;;;2*-1. The second kappa shape index (κ2) is 9.96. The molecule has 22 heavy (non-hydrogen) atoms. The molecule has 12 heteroatoms. The second-order valence-corrected chi connectivity index (χ2v) is 8.91. The summed E-state index contributed by atoms with van der Waals surface area (Å²) in [5.74, 6) is 0. The average Bonchev–Trinajstić information content (AvgIpc) is 2.37. The Labute approximate surface area is 138 Å². The monoisotopic (exact) mass is 428 g/mol. The van der Waals surface area contributed by atoms with Gasteiger partial charge in [0.1, 0.15) is 0 Å². The van der Waals surface area contributed by atoms with Crippen LogP contribution in [0.15, 0.2) is 48.8 Å². The van der Waals surface area contributed by atoms with E-state index in [0.717, 1.165) is 11.4 Å². The molecule has 0 aliphatic heterocycles. The Balaban J connectivity index is 0.000000372. The molecule has 2 aromatic rings. The fraction of sp³-hybridized carbons (Fsp3) is 0. The van der Waals surface area contributed by atoms with Crippen molar-refractivity contribution in [1.82, 2.24) is 0 Å². The molecule has 2 rings (SSSR count). The number of halogens is 2. The van der Waals surface area contributed by atoms with Crippen molar-refractivity contribution in [2.45, 2.75) is 0 Å². The van der Waals surface area contributed by atoms with E-state index < -0.39 is 24.7 Å². The van der Waals surface area contributed by atoms with E-state index in [1.54, 1.807) is 0 Å². The number of aromatic nitrogens is 2. The van der Waals surface area contributed by atoms with E-state index in [4.69, 9.17) is 23.5 Å². The summed E-state index contributed by atoms with van der Waals surface area (Å²) in [5.41, 5.74) is 2.19. The van der Waals surface area contributed by atoms with Gasteiger partial charge in [0.15, 0.2) is 12.4 Å². The van der Waals surface area contributed by atoms with Crippen LogP contribution in [0.5, 0.6) is 0 Å². The van der Waals surface area contributed by atoms with Gasteiger partial charge in [0, 0.05) is 24.3 Å². The Hall–Kier alpha value is -0.935. The van der Waals surface area contributed by atoms with Crippen LogP contribution in [-0.2, 0) is 39.9 Å². The molecule has 0 aromatic carbocycles. The second-order valence-electron chi connectivity index (χ2n) is 3.34. The maximum atomic E-state index is 8.91. The molecule has 0 radical (unpaired) electrons. The van der Waals surface area contributed by atoms with Gasteiger partial charge < -0.3 is 0 Å². The molecular weight excluding hydrogens is 419 g/mol. The Kier molecular flexibility index (Phi) is 9.53. The minimum atomic E-state index is -5.03. The van der Waals surface area contributed by atoms with Crippen molar-refractivity contribution in [3.8, 4) is 11.4 Å². The molecule has 0 unspecified atom stereocenters. The molecule has 0 fully saturated rings. The van der Waals surface area contributed by atoms with Gasteiger partial charge in [0.2, 0.25) is 0 Å². The molecule has 122 valence electrons. The predicted octanol–water partition coefficient (Wildman–Crippen LogP) is -0.497. The fourth-order valence-electron chi connectivity index (χ4n) is 1.12. The fourth-order valence-corrected chi connectivity index (χ4v) is 1.12. The SMILES string of the molecule is [O]=[Cr](=[O])([O-])[Cl].[O]=[Cr](=[O])([O-])[Cl].c1ccc(-c2cccc[nH+]2)[nH+]c1. The van der Waals surface area contributed by atoms with Gasteiger partial charge in [-0.25, -0.2) is 9.97 Å². The third-order valence-electron chi connectivity index (χ3n) is 1.71. The first-order valence-corrected chi connectivity index (χ1v) is 11.8. The third kappa shape index (κ3) is 17.1. The average molecular weight is 429 g/mol. The molecule has 0 spiro atoms. The molecular formula is C10H10Cl2Cr2N2O6. The van der Waals surface area contributed by atoms with Crippen molar-refractivity contribution in [2.24, 2.45) is 0 Å². The smallest absolute Gasteiger partial charge is 0.206 e. The van der Waals surface area contributed by atoms with Crippen LogP contribution < -0.4 is 18.3 Å². The summed E-state index contributed by atoms with van der Waals surface area (Å²) in [6, 6.07) is 12.0. The molecule has 0 saturated heterocycles. The molecule has 2 heterocycles. The molecule has 0 amide bonds. The van der Waals surface area contributed by atoms with Gasteiger partial charge in [0.25, 0.3) is 11.4 Å². The molecule has 0 saturated carbocycles. The van der Waals surface area contributed by atoms with Crippen LogP contribution in [0.3, 0.4) is 0 Å². The summed E-state index contributed by atoms with van der Waals surface area (Å²) in [6.45, 7) is 0. The maximum Gasteiger partial charge on any atom is 0.275 e. The first-order valence-electron chi connectivity index (χ1n) is 5.21. The number of H-pyrrole nitrogens is 2. The van der Waals surface area contributed by atoms with E-state index in [2.05, 4.69) is 30.1 Å². The molecule has 2 N–H and O–H groups in total. The summed E-state index contributed by atoms with van der Waals surface area (Å²) in [7, 11) is 8.04. The quantitative estimate of drug-likeness (QED) is 0.598. The van der Waals surface area contributed by atoms with Gasteiger partial charge in [0.05, 0.1) is 0 Å². The van der Waals surface area contributed by atoms with Gasteiger partial charge in [-0.3, -0.25) is 0 Å². The number of rotatable bonds is 1. The van der Waals surface area contributed by atoms with Crippen molar-refractivity contribution in [3.05, 3.63) is 48.8 Å². The number of hydrogen-bond donors (Lipinski definition) is 0. The van der Waals surface area contributed by atoms with Crippen molar-refractivity contribution >= 4 is 20.1 Å². The van der Waals surface area contributed by atoms with Crippen LogP contribution in [0.2, 0.25) is 0 Å². The first kappa shape index (κ1) is 21.1. The van der Waals surface area contributed by atoms with Crippen molar-refractivity contribution < 1.29 is 58.2 Å². The van der Waals surface area contributed by atoms with Gasteiger partial charge >= 0.3 is 68.3 Å². The molecule has 2 aromatic heterocycles. The third-order valence-corrected chi connectivity index (χ3v) is 1.71. The summed E-state index contributed by atoms with van der Waals surface area (Å²) in [4.78, 5) is 6.31. The number of nitrogens with one attached hydrogen (secondary N) is 2. The largest absolute Gasteiger partial charge is 0.275 e. The summed E-state index contributed by atoms with van der Waals surface area (Å²) in [5, 5.41) is 0. The molecule has 0 atom stereocenters.